The number of alkyl halides is 3. The van der Waals surface area contributed by atoms with Crippen LogP contribution in [0.1, 0.15) is 17.5 Å². The fraction of sp³-hybridized carbons (Fsp3) is 0.400. The van der Waals surface area contributed by atoms with Gasteiger partial charge in [-0.3, -0.25) is 4.90 Å². The van der Waals surface area contributed by atoms with Gasteiger partial charge in [0.15, 0.2) is 0 Å². The van der Waals surface area contributed by atoms with E-state index in [9.17, 15) is 18.4 Å². The molecule has 24 heavy (non-hydrogen) atoms. The van der Waals surface area contributed by atoms with E-state index in [-0.39, 0.29) is 5.82 Å². The molecule has 1 saturated heterocycles. The molecule has 2 aromatic rings. The highest BCUT2D eigenvalue weighted by Gasteiger charge is 2.38. The van der Waals surface area contributed by atoms with Crippen molar-refractivity contribution in [2.45, 2.75) is 12.2 Å². The highest BCUT2D eigenvalue weighted by Crippen LogP contribution is 2.30. The van der Waals surface area contributed by atoms with Crippen LogP contribution in [0.4, 0.5) is 13.2 Å². The fourth-order valence-electron chi connectivity index (χ4n) is 2.47. The summed E-state index contributed by atoms with van der Waals surface area (Å²) in [6.07, 6.45) is -4.67. The van der Waals surface area contributed by atoms with Gasteiger partial charge >= 0.3 is 12.1 Å². The Bertz CT molecular complexity index is 730. The fourth-order valence-corrected chi connectivity index (χ4v) is 2.47. The molecule has 1 aliphatic heterocycles. The first-order valence-corrected chi connectivity index (χ1v) is 7.21. The number of benzene rings is 1. The van der Waals surface area contributed by atoms with Crippen molar-refractivity contribution in [1.29, 1.82) is 5.26 Å². The monoisotopic (exact) mass is 338 g/mol. The van der Waals surface area contributed by atoms with Gasteiger partial charge < -0.3 is 9.26 Å². The van der Waals surface area contributed by atoms with Crippen LogP contribution in [-0.4, -0.2) is 41.3 Å². The van der Waals surface area contributed by atoms with Crippen LogP contribution in [0.3, 0.4) is 0 Å². The second-order valence-corrected chi connectivity index (χ2v) is 5.22. The molecular formula is C15H13F3N4O2. The smallest absolute Gasteiger partial charge is 0.379 e. The Balaban J connectivity index is 1.79. The lowest BCUT2D eigenvalue weighted by molar-refractivity contribution is -0.159. The SMILES string of the molecule is N#CC(c1ccc(-c2noc(C(F)(F)F)n2)cc1)N1CCOCC1. The molecule has 0 spiro atoms. The van der Waals surface area contributed by atoms with E-state index >= 15 is 0 Å². The van der Waals surface area contributed by atoms with Crippen LogP contribution in [0.15, 0.2) is 28.8 Å². The van der Waals surface area contributed by atoms with Gasteiger partial charge in [0.25, 0.3) is 0 Å². The first kappa shape index (κ1) is 16.4. The summed E-state index contributed by atoms with van der Waals surface area (Å²) in [5.41, 5.74) is 1.14. The molecule has 1 atom stereocenters. The molecule has 3 rings (SSSR count). The molecule has 1 fully saturated rings. The Kier molecular flexibility index (Phi) is 4.51. The zero-order chi connectivity index (χ0) is 17.2. The molecule has 1 aliphatic rings. The average Bonchev–Trinajstić information content (AvgIpc) is 3.08. The first-order valence-electron chi connectivity index (χ1n) is 7.21. The van der Waals surface area contributed by atoms with Crippen molar-refractivity contribution in [3.8, 4) is 17.5 Å². The average molecular weight is 338 g/mol. The summed E-state index contributed by atoms with van der Waals surface area (Å²) in [5.74, 6) is -1.53. The van der Waals surface area contributed by atoms with E-state index < -0.39 is 18.1 Å². The Hall–Kier alpha value is -2.44. The van der Waals surface area contributed by atoms with Gasteiger partial charge in [0.05, 0.1) is 19.3 Å². The topological polar surface area (TPSA) is 75.2 Å². The van der Waals surface area contributed by atoms with Crippen LogP contribution >= 0.6 is 0 Å². The van der Waals surface area contributed by atoms with E-state index in [0.717, 1.165) is 5.56 Å². The maximum absolute atomic E-state index is 12.5. The number of halogens is 3. The van der Waals surface area contributed by atoms with Gasteiger partial charge in [-0.25, -0.2) is 0 Å². The van der Waals surface area contributed by atoms with Gasteiger partial charge in [0.1, 0.15) is 6.04 Å². The summed E-state index contributed by atoms with van der Waals surface area (Å²) in [5, 5.41) is 12.8. The molecular weight excluding hydrogens is 325 g/mol. The lowest BCUT2D eigenvalue weighted by Crippen LogP contribution is -2.38. The number of morpholine rings is 1. The molecule has 0 amide bonds. The lowest BCUT2D eigenvalue weighted by Gasteiger charge is -2.30. The number of hydrogen-bond acceptors (Lipinski definition) is 6. The predicted molar refractivity (Wildman–Crippen MR) is 75.5 cm³/mol. The van der Waals surface area contributed by atoms with Crippen LogP contribution in [0.5, 0.6) is 0 Å². The summed E-state index contributed by atoms with van der Waals surface area (Å²) in [6, 6.07) is 8.33. The van der Waals surface area contributed by atoms with Gasteiger partial charge in [0.2, 0.25) is 5.82 Å². The second kappa shape index (κ2) is 6.59. The number of ether oxygens (including phenoxy) is 1. The summed E-state index contributed by atoms with van der Waals surface area (Å²) in [7, 11) is 0. The molecule has 0 saturated carbocycles. The zero-order valence-corrected chi connectivity index (χ0v) is 12.5. The van der Waals surface area contributed by atoms with Crippen molar-refractivity contribution >= 4 is 0 Å². The van der Waals surface area contributed by atoms with Crippen molar-refractivity contribution in [3.63, 3.8) is 0 Å². The van der Waals surface area contributed by atoms with Gasteiger partial charge in [-0.2, -0.15) is 23.4 Å². The molecule has 0 N–H and O–H groups in total. The molecule has 0 radical (unpaired) electrons. The van der Waals surface area contributed by atoms with Crippen LogP contribution in [-0.2, 0) is 10.9 Å². The number of nitriles is 1. The zero-order valence-electron chi connectivity index (χ0n) is 12.5. The summed E-state index contributed by atoms with van der Waals surface area (Å²) in [4.78, 5) is 5.34. The van der Waals surface area contributed by atoms with Crippen molar-refractivity contribution in [1.82, 2.24) is 15.0 Å². The summed E-state index contributed by atoms with van der Waals surface area (Å²) < 4.78 is 47.0. The van der Waals surface area contributed by atoms with Crippen LogP contribution in [0.25, 0.3) is 11.4 Å². The molecule has 6 nitrogen and oxygen atoms in total. The van der Waals surface area contributed by atoms with E-state index in [2.05, 4.69) is 20.7 Å². The van der Waals surface area contributed by atoms with E-state index in [1.807, 2.05) is 4.90 Å². The largest absolute Gasteiger partial charge is 0.471 e. The highest BCUT2D eigenvalue weighted by atomic mass is 19.4. The van der Waals surface area contributed by atoms with Crippen molar-refractivity contribution in [2.75, 3.05) is 26.3 Å². The predicted octanol–water partition coefficient (Wildman–Crippen LogP) is 2.65. The summed E-state index contributed by atoms with van der Waals surface area (Å²) in [6.45, 7) is 2.44. The van der Waals surface area contributed by atoms with E-state index in [1.165, 1.54) is 0 Å². The molecule has 2 heterocycles. The van der Waals surface area contributed by atoms with Crippen molar-refractivity contribution in [2.24, 2.45) is 0 Å². The van der Waals surface area contributed by atoms with E-state index in [0.29, 0.717) is 31.9 Å². The number of aromatic nitrogens is 2. The Morgan fingerprint density at radius 1 is 1.17 bits per heavy atom. The van der Waals surface area contributed by atoms with Crippen LogP contribution in [0.2, 0.25) is 0 Å². The number of rotatable bonds is 3. The third kappa shape index (κ3) is 3.39. The standard InChI is InChI=1S/C15H13F3N4O2/c16-15(17,18)14-20-13(21-24-14)11-3-1-10(2-4-11)12(9-19)22-5-7-23-8-6-22/h1-4,12H,5-8H2. The molecule has 0 bridgehead atoms. The van der Waals surface area contributed by atoms with Crippen molar-refractivity contribution in [3.05, 3.63) is 35.7 Å². The number of hydrogen-bond donors (Lipinski definition) is 0. The lowest BCUT2D eigenvalue weighted by atomic mass is 10.0. The quantitative estimate of drug-likeness (QED) is 0.856. The Labute approximate surface area is 135 Å². The first-order chi connectivity index (χ1) is 11.5. The van der Waals surface area contributed by atoms with Crippen LogP contribution in [0, 0.1) is 11.3 Å². The van der Waals surface area contributed by atoms with E-state index in [4.69, 9.17) is 4.74 Å². The minimum absolute atomic E-state index is 0.145. The molecule has 0 aliphatic carbocycles. The Morgan fingerprint density at radius 3 is 2.38 bits per heavy atom. The molecule has 1 aromatic heterocycles. The second-order valence-electron chi connectivity index (χ2n) is 5.22. The Morgan fingerprint density at radius 2 is 1.83 bits per heavy atom. The third-order valence-corrected chi connectivity index (χ3v) is 3.69. The minimum Gasteiger partial charge on any atom is -0.379 e. The molecule has 126 valence electrons. The van der Waals surface area contributed by atoms with Gasteiger partial charge in [-0.05, 0) is 5.56 Å². The van der Waals surface area contributed by atoms with Gasteiger partial charge in [-0.1, -0.05) is 29.4 Å². The van der Waals surface area contributed by atoms with Crippen LogP contribution < -0.4 is 0 Å². The van der Waals surface area contributed by atoms with Crippen molar-refractivity contribution < 1.29 is 22.4 Å². The maximum atomic E-state index is 12.5. The molecule has 9 heteroatoms. The maximum Gasteiger partial charge on any atom is 0.471 e. The van der Waals surface area contributed by atoms with Gasteiger partial charge in [-0.15, -0.1) is 0 Å². The number of nitrogens with zero attached hydrogens (tertiary/aromatic N) is 4. The minimum atomic E-state index is -4.67. The normalized spacial score (nSPS) is 17.4. The summed E-state index contributed by atoms with van der Waals surface area (Å²) >= 11 is 0. The highest BCUT2D eigenvalue weighted by molar-refractivity contribution is 5.55. The van der Waals surface area contributed by atoms with E-state index in [1.54, 1.807) is 24.3 Å². The molecule has 1 aromatic carbocycles. The molecule has 1 unspecified atom stereocenters. The van der Waals surface area contributed by atoms with Gasteiger partial charge in [0, 0.05) is 18.7 Å². The third-order valence-electron chi connectivity index (χ3n) is 3.69.